The monoisotopic (exact) mass is 283 g/mol. The van der Waals surface area contributed by atoms with Gasteiger partial charge in [-0.2, -0.15) is 5.10 Å². The second kappa shape index (κ2) is 6.44. The van der Waals surface area contributed by atoms with E-state index in [4.69, 9.17) is 0 Å². The summed E-state index contributed by atoms with van der Waals surface area (Å²) in [5.74, 6) is 0.764. The van der Waals surface area contributed by atoms with Crippen LogP contribution in [0.1, 0.15) is 47.6 Å². The lowest BCUT2D eigenvalue weighted by molar-refractivity contribution is 0.290. The largest absolute Gasteiger partial charge is 0.314 e. The number of benzene rings is 1. The standard InChI is InChI=1S/C18H25N3/c1-13-6-3-4-8-18(13)16-10-17(11-16)19-9-5-7-15-12-20-21-14(15)2/h3-4,6,8,12,16-17,19H,5,7,9-11H2,1-2H3,(H,20,21). The summed E-state index contributed by atoms with van der Waals surface area (Å²) in [7, 11) is 0. The van der Waals surface area contributed by atoms with Crippen molar-refractivity contribution in [2.45, 2.75) is 51.5 Å². The maximum atomic E-state index is 4.07. The quantitative estimate of drug-likeness (QED) is 0.797. The Hall–Kier alpha value is -1.61. The minimum atomic E-state index is 0.708. The maximum absolute atomic E-state index is 4.07. The van der Waals surface area contributed by atoms with E-state index in [9.17, 15) is 0 Å². The van der Waals surface area contributed by atoms with Gasteiger partial charge in [0.2, 0.25) is 0 Å². The molecule has 1 aromatic heterocycles. The van der Waals surface area contributed by atoms with Crippen LogP contribution in [0.4, 0.5) is 0 Å². The molecule has 0 saturated heterocycles. The van der Waals surface area contributed by atoms with Crippen molar-refractivity contribution in [2.75, 3.05) is 6.54 Å². The van der Waals surface area contributed by atoms with E-state index in [2.05, 4.69) is 53.6 Å². The van der Waals surface area contributed by atoms with Crippen LogP contribution in [0, 0.1) is 13.8 Å². The molecule has 1 saturated carbocycles. The highest BCUT2D eigenvalue weighted by Crippen LogP contribution is 2.38. The molecular weight excluding hydrogens is 258 g/mol. The number of aryl methyl sites for hydroxylation is 3. The Morgan fingerprint density at radius 3 is 2.76 bits per heavy atom. The summed E-state index contributed by atoms with van der Waals surface area (Å²) in [6, 6.07) is 9.52. The van der Waals surface area contributed by atoms with Crippen molar-refractivity contribution < 1.29 is 0 Å². The maximum Gasteiger partial charge on any atom is 0.0522 e. The molecule has 1 heterocycles. The summed E-state index contributed by atoms with van der Waals surface area (Å²) < 4.78 is 0. The lowest BCUT2D eigenvalue weighted by Crippen LogP contribution is -2.40. The Bertz CT molecular complexity index is 582. The fourth-order valence-electron chi connectivity index (χ4n) is 3.30. The molecule has 3 rings (SSSR count). The van der Waals surface area contributed by atoms with Crippen LogP contribution in [0.25, 0.3) is 0 Å². The van der Waals surface area contributed by atoms with Gasteiger partial charge in [-0.3, -0.25) is 5.10 Å². The molecule has 21 heavy (non-hydrogen) atoms. The van der Waals surface area contributed by atoms with Gasteiger partial charge >= 0.3 is 0 Å². The molecule has 0 atom stereocenters. The number of nitrogens with zero attached hydrogens (tertiary/aromatic N) is 1. The average Bonchev–Trinajstić information content (AvgIpc) is 2.83. The zero-order valence-electron chi connectivity index (χ0n) is 13.0. The van der Waals surface area contributed by atoms with Gasteiger partial charge < -0.3 is 5.32 Å². The molecule has 3 heteroatoms. The summed E-state index contributed by atoms with van der Waals surface area (Å²) >= 11 is 0. The van der Waals surface area contributed by atoms with Crippen LogP contribution in [0.15, 0.2) is 30.5 Å². The smallest absolute Gasteiger partial charge is 0.0522 e. The minimum absolute atomic E-state index is 0.708. The highest BCUT2D eigenvalue weighted by atomic mass is 15.1. The Morgan fingerprint density at radius 1 is 1.24 bits per heavy atom. The second-order valence-corrected chi connectivity index (χ2v) is 6.30. The van der Waals surface area contributed by atoms with Crippen molar-refractivity contribution in [3.8, 4) is 0 Å². The van der Waals surface area contributed by atoms with Gasteiger partial charge in [-0.05, 0) is 68.7 Å². The third-order valence-corrected chi connectivity index (χ3v) is 4.76. The molecule has 0 bridgehead atoms. The van der Waals surface area contributed by atoms with Gasteiger partial charge in [0.15, 0.2) is 0 Å². The fourth-order valence-corrected chi connectivity index (χ4v) is 3.30. The first kappa shape index (κ1) is 14.3. The van der Waals surface area contributed by atoms with Crippen molar-refractivity contribution in [2.24, 2.45) is 0 Å². The Morgan fingerprint density at radius 2 is 2.05 bits per heavy atom. The molecule has 1 fully saturated rings. The number of hydrogen-bond acceptors (Lipinski definition) is 2. The van der Waals surface area contributed by atoms with Crippen molar-refractivity contribution >= 4 is 0 Å². The molecule has 1 aliphatic rings. The van der Waals surface area contributed by atoms with Crippen LogP contribution in [0.2, 0.25) is 0 Å². The molecule has 0 radical (unpaired) electrons. The van der Waals surface area contributed by atoms with Crippen LogP contribution in [0.3, 0.4) is 0 Å². The van der Waals surface area contributed by atoms with Crippen LogP contribution >= 0.6 is 0 Å². The summed E-state index contributed by atoms with van der Waals surface area (Å²) in [4.78, 5) is 0. The fraction of sp³-hybridized carbons (Fsp3) is 0.500. The first-order chi connectivity index (χ1) is 10.2. The average molecular weight is 283 g/mol. The lowest BCUT2D eigenvalue weighted by atomic mass is 9.74. The van der Waals surface area contributed by atoms with Crippen LogP contribution in [-0.4, -0.2) is 22.8 Å². The van der Waals surface area contributed by atoms with E-state index < -0.39 is 0 Å². The van der Waals surface area contributed by atoms with E-state index in [-0.39, 0.29) is 0 Å². The van der Waals surface area contributed by atoms with E-state index in [1.807, 2.05) is 6.20 Å². The second-order valence-electron chi connectivity index (χ2n) is 6.30. The molecular formula is C18H25N3. The predicted octanol–water partition coefficient (Wildman–Crippen LogP) is 3.49. The summed E-state index contributed by atoms with van der Waals surface area (Å²) in [5, 5.41) is 10.8. The van der Waals surface area contributed by atoms with Gasteiger partial charge in [0.1, 0.15) is 0 Å². The highest BCUT2D eigenvalue weighted by molar-refractivity contribution is 5.31. The molecule has 2 aromatic rings. The van der Waals surface area contributed by atoms with Crippen molar-refractivity contribution in [1.29, 1.82) is 0 Å². The summed E-state index contributed by atoms with van der Waals surface area (Å²) in [5.41, 5.74) is 5.54. The van der Waals surface area contributed by atoms with Crippen LogP contribution in [-0.2, 0) is 6.42 Å². The topological polar surface area (TPSA) is 40.7 Å². The van der Waals surface area contributed by atoms with Crippen LogP contribution < -0.4 is 5.32 Å². The molecule has 1 aromatic carbocycles. The first-order valence-corrected chi connectivity index (χ1v) is 8.02. The zero-order chi connectivity index (χ0) is 14.7. The molecule has 3 nitrogen and oxygen atoms in total. The predicted molar refractivity (Wildman–Crippen MR) is 86.6 cm³/mol. The third-order valence-electron chi connectivity index (χ3n) is 4.76. The van der Waals surface area contributed by atoms with Crippen LogP contribution in [0.5, 0.6) is 0 Å². The minimum Gasteiger partial charge on any atom is -0.314 e. The number of rotatable bonds is 6. The summed E-state index contributed by atoms with van der Waals surface area (Å²) in [6.45, 7) is 5.42. The third kappa shape index (κ3) is 3.35. The molecule has 0 amide bonds. The Labute approximate surface area is 127 Å². The molecule has 0 aliphatic heterocycles. The molecule has 0 spiro atoms. The van der Waals surface area contributed by atoms with E-state index in [1.54, 1.807) is 5.56 Å². The number of hydrogen-bond donors (Lipinski definition) is 2. The van der Waals surface area contributed by atoms with E-state index in [0.717, 1.165) is 18.9 Å². The van der Waals surface area contributed by atoms with Gasteiger partial charge in [-0.1, -0.05) is 24.3 Å². The van der Waals surface area contributed by atoms with E-state index >= 15 is 0 Å². The van der Waals surface area contributed by atoms with Gasteiger partial charge in [-0.25, -0.2) is 0 Å². The highest BCUT2D eigenvalue weighted by Gasteiger charge is 2.30. The molecule has 1 aliphatic carbocycles. The van der Waals surface area contributed by atoms with E-state index in [0.29, 0.717) is 6.04 Å². The van der Waals surface area contributed by atoms with Crippen molar-refractivity contribution in [3.63, 3.8) is 0 Å². The van der Waals surface area contributed by atoms with Crippen molar-refractivity contribution in [3.05, 3.63) is 52.8 Å². The number of nitrogens with one attached hydrogen (secondary N) is 2. The molecule has 112 valence electrons. The van der Waals surface area contributed by atoms with Gasteiger partial charge in [-0.15, -0.1) is 0 Å². The number of aromatic amines is 1. The number of H-pyrrole nitrogens is 1. The Kier molecular flexibility index (Phi) is 4.39. The SMILES string of the molecule is Cc1ccccc1C1CC(NCCCc2cn[nH]c2C)C1. The van der Waals surface area contributed by atoms with Gasteiger partial charge in [0.05, 0.1) is 6.20 Å². The Balaban J connectivity index is 1.36. The number of aromatic nitrogens is 2. The normalized spacial score (nSPS) is 21.2. The lowest BCUT2D eigenvalue weighted by Gasteiger charge is -2.37. The van der Waals surface area contributed by atoms with Gasteiger partial charge in [0.25, 0.3) is 0 Å². The molecule has 2 N–H and O–H groups in total. The van der Waals surface area contributed by atoms with Crippen molar-refractivity contribution in [1.82, 2.24) is 15.5 Å². The summed E-state index contributed by atoms with van der Waals surface area (Å²) in [6.07, 6.45) is 6.83. The van der Waals surface area contributed by atoms with E-state index in [1.165, 1.54) is 36.1 Å². The zero-order valence-corrected chi connectivity index (χ0v) is 13.0. The first-order valence-electron chi connectivity index (χ1n) is 8.02. The molecule has 0 unspecified atom stereocenters. The van der Waals surface area contributed by atoms with Gasteiger partial charge in [0, 0.05) is 11.7 Å².